The number of fused-ring (bicyclic) bond motifs is 1. The van der Waals surface area contributed by atoms with Crippen LogP contribution in [0.1, 0.15) is 12.6 Å². The lowest BCUT2D eigenvalue weighted by atomic mass is 10.2. The molecule has 2 aromatic rings. The third kappa shape index (κ3) is 1.98. The van der Waals surface area contributed by atoms with Crippen LogP contribution in [-0.4, -0.2) is 22.0 Å². The van der Waals surface area contributed by atoms with Crippen LogP contribution in [0, 0.1) is 0 Å². The summed E-state index contributed by atoms with van der Waals surface area (Å²) in [7, 11) is 0. The Morgan fingerprint density at radius 3 is 3.20 bits per heavy atom. The highest BCUT2D eigenvalue weighted by Crippen LogP contribution is 2.07. The van der Waals surface area contributed by atoms with Gasteiger partial charge in [-0.2, -0.15) is 0 Å². The van der Waals surface area contributed by atoms with Crippen molar-refractivity contribution in [2.75, 3.05) is 6.61 Å². The molecule has 0 bridgehead atoms. The van der Waals surface area contributed by atoms with Crippen molar-refractivity contribution in [3.8, 4) is 0 Å². The first kappa shape index (κ1) is 9.71. The molecule has 4 nitrogen and oxygen atoms in total. The Bertz CT molecular complexity index is 476. The number of carbonyl (C=O) groups excluding carboxylic acids is 1. The topological polar surface area (TPSA) is 43.6 Å². The number of ether oxygens (including phenoxy) is 1. The Hall–Kier alpha value is -1.84. The van der Waals surface area contributed by atoms with Crippen LogP contribution in [0.25, 0.3) is 5.65 Å². The largest absolute Gasteiger partial charge is 0.466 e. The highest BCUT2D eigenvalue weighted by Gasteiger charge is 2.06. The minimum absolute atomic E-state index is 0.210. The smallest absolute Gasteiger partial charge is 0.311 e. The minimum atomic E-state index is -0.210. The number of nitrogens with zero attached hydrogens (tertiary/aromatic N) is 2. The number of aromatic nitrogens is 2. The highest BCUT2D eigenvalue weighted by atomic mass is 16.5. The van der Waals surface area contributed by atoms with E-state index in [1.165, 1.54) is 0 Å². The molecule has 0 aliphatic rings. The van der Waals surface area contributed by atoms with Crippen LogP contribution < -0.4 is 0 Å². The van der Waals surface area contributed by atoms with Crippen molar-refractivity contribution in [3.63, 3.8) is 0 Å². The number of hydrogen-bond donors (Lipinski definition) is 0. The van der Waals surface area contributed by atoms with Crippen LogP contribution in [0.4, 0.5) is 0 Å². The van der Waals surface area contributed by atoms with E-state index in [0.29, 0.717) is 6.61 Å². The molecule has 0 saturated carbocycles. The molecule has 0 radical (unpaired) electrons. The lowest BCUT2D eigenvalue weighted by Crippen LogP contribution is -2.10. The van der Waals surface area contributed by atoms with Gasteiger partial charge in [-0.3, -0.25) is 4.79 Å². The van der Waals surface area contributed by atoms with E-state index in [9.17, 15) is 4.79 Å². The van der Waals surface area contributed by atoms with E-state index in [2.05, 4.69) is 4.98 Å². The maximum atomic E-state index is 11.3. The lowest BCUT2D eigenvalue weighted by molar-refractivity contribution is -0.142. The van der Waals surface area contributed by atoms with E-state index in [1.807, 2.05) is 28.8 Å². The molecule has 0 atom stereocenters. The molecule has 0 N–H and O–H groups in total. The lowest BCUT2D eigenvalue weighted by Gasteiger charge is -2.04. The van der Waals surface area contributed by atoms with Gasteiger partial charge in [0.2, 0.25) is 0 Å². The van der Waals surface area contributed by atoms with Crippen LogP contribution in [0.5, 0.6) is 0 Å². The molecule has 0 saturated heterocycles. The molecule has 2 heterocycles. The molecule has 0 aliphatic heterocycles. The SMILES string of the molecule is CCOC(=O)Cc1cccc2nccn12. The summed E-state index contributed by atoms with van der Waals surface area (Å²) in [6.07, 6.45) is 3.83. The average Bonchev–Trinajstić information content (AvgIpc) is 2.67. The van der Waals surface area contributed by atoms with Crippen molar-refractivity contribution in [2.24, 2.45) is 0 Å². The summed E-state index contributed by atoms with van der Waals surface area (Å²) in [4.78, 5) is 15.5. The molecule has 4 heteroatoms. The van der Waals surface area contributed by atoms with Gasteiger partial charge in [-0.1, -0.05) is 6.07 Å². The zero-order chi connectivity index (χ0) is 10.7. The monoisotopic (exact) mass is 204 g/mol. The van der Waals surface area contributed by atoms with Gasteiger partial charge < -0.3 is 9.14 Å². The fourth-order valence-electron chi connectivity index (χ4n) is 1.51. The second-order valence-electron chi connectivity index (χ2n) is 3.15. The van der Waals surface area contributed by atoms with Crippen LogP contribution >= 0.6 is 0 Å². The number of esters is 1. The molecular formula is C11H12N2O2. The van der Waals surface area contributed by atoms with Crippen molar-refractivity contribution >= 4 is 11.6 Å². The van der Waals surface area contributed by atoms with Gasteiger partial charge in [0, 0.05) is 18.1 Å². The standard InChI is InChI=1S/C11H12N2O2/c1-2-15-11(14)8-9-4-3-5-10-12-6-7-13(9)10/h3-7H,2,8H2,1H3. The molecule has 0 fully saturated rings. The summed E-state index contributed by atoms with van der Waals surface area (Å²) in [5, 5.41) is 0. The summed E-state index contributed by atoms with van der Waals surface area (Å²) < 4.78 is 6.78. The predicted molar refractivity (Wildman–Crippen MR) is 55.5 cm³/mol. The van der Waals surface area contributed by atoms with Gasteiger partial charge >= 0.3 is 5.97 Å². The first-order valence-electron chi connectivity index (χ1n) is 4.88. The van der Waals surface area contributed by atoms with Crippen LogP contribution in [0.15, 0.2) is 30.6 Å². The summed E-state index contributed by atoms with van der Waals surface area (Å²) in [5.74, 6) is -0.210. The molecule has 78 valence electrons. The maximum absolute atomic E-state index is 11.3. The van der Waals surface area contributed by atoms with Crippen molar-refractivity contribution in [1.82, 2.24) is 9.38 Å². The van der Waals surface area contributed by atoms with E-state index in [0.717, 1.165) is 11.3 Å². The van der Waals surface area contributed by atoms with E-state index >= 15 is 0 Å². The van der Waals surface area contributed by atoms with Crippen LogP contribution in [0.2, 0.25) is 0 Å². The second-order valence-corrected chi connectivity index (χ2v) is 3.15. The summed E-state index contributed by atoms with van der Waals surface area (Å²) in [6, 6.07) is 5.68. The Morgan fingerprint density at radius 2 is 2.40 bits per heavy atom. The molecule has 2 rings (SSSR count). The van der Waals surface area contributed by atoms with Gasteiger partial charge in [-0.25, -0.2) is 4.98 Å². The van der Waals surface area contributed by atoms with E-state index in [-0.39, 0.29) is 12.4 Å². The third-order valence-electron chi connectivity index (χ3n) is 2.14. The summed E-state index contributed by atoms with van der Waals surface area (Å²) in [5.41, 5.74) is 1.74. The molecule has 15 heavy (non-hydrogen) atoms. The van der Waals surface area contributed by atoms with Gasteiger partial charge in [0.05, 0.1) is 13.0 Å². The van der Waals surface area contributed by atoms with Crippen molar-refractivity contribution in [2.45, 2.75) is 13.3 Å². The first-order valence-corrected chi connectivity index (χ1v) is 4.88. The van der Waals surface area contributed by atoms with Crippen molar-refractivity contribution < 1.29 is 9.53 Å². The minimum Gasteiger partial charge on any atom is -0.466 e. The fraction of sp³-hybridized carbons (Fsp3) is 0.273. The van der Waals surface area contributed by atoms with Gasteiger partial charge in [0.15, 0.2) is 0 Å². The van der Waals surface area contributed by atoms with E-state index in [4.69, 9.17) is 4.74 Å². The Labute approximate surface area is 87.5 Å². The number of hydrogen-bond acceptors (Lipinski definition) is 3. The van der Waals surface area contributed by atoms with Crippen molar-refractivity contribution in [3.05, 3.63) is 36.3 Å². The van der Waals surface area contributed by atoms with Gasteiger partial charge in [0.1, 0.15) is 5.65 Å². The summed E-state index contributed by atoms with van der Waals surface area (Å²) >= 11 is 0. The van der Waals surface area contributed by atoms with Gasteiger partial charge in [-0.15, -0.1) is 0 Å². The van der Waals surface area contributed by atoms with Gasteiger partial charge in [0.25, 0.3) is 0 Å². The zero-order valence-electron chi connectivity index (χ0n) is 8.51. The predicted octanol–water partition coefficient (Wildman–Crippen LogP) is 1.44. The van der Waals surface area contributed by atoms with Crippen molar-refractivity contribution in [1.29, 1.82) is 0 Å². The number of imidazole rings is 1. The third-order valence-corrected chi connectivity index (χ3v) is 2.14. The molecular weight excluding hydrogens is 192 g/mol. The maximum Gasteiger partial charge on any atom is 0.311 e. The highest BCUT2D eigenvalue weighted by molar-refractivity contribution is 5.72. The summed E-state index contributed by atoms with van der Waals surface area (Å²) in [6.45, 7) is 2.22. The Kier molecular flexibility index (Phi) is 2.67. The van der Waals surface area contributed by atoms with Crippen LogP contribution in [0.3, 0.4) is 0 Å². The molecule has 0 amide bonds. The number of carbonyl (C=O) groups is 1. The molecule has 0 aliphatic carbocycles. The first-order chi connectivity index (χ1) is 7.31. The Morgan fingerprint density at radius 1 is 1.53 bits per heavy atom. The zero-order valence-corrected chi connectivity index (χ0v) is 8.51. The van der Waals surface area contributed by atoms with Gasteiger partial charge in [-0.05, 0) is 19.1 Å². The Balaban J connectivity index is 2.27. The quantitative estimate of drug-likeness (QED) is 0.710. The van der Waals surface area contributed by atoms with Crippen LogP contribution in [-0.2, 0) is 16.0 Å². The average molecular weight is 204 g/mol. The fourth-order valence-corrected chi connectivity index (χ4v) is 1.51. The normalized spacial score (nSPS) is 10.5. The molecule has 0 aromatic carbocycles. The second kappa shape index (κ2) is 4.13. The van der Waals surface area contributed by atoms with E-state index in [1.54, 1.807) is 13.1 Å². The number of pyridine rings is 1. The van der Waals surface area contributed by atoms with E-state index < -0.39 is 0 Å². The molecule has 2 aromatic heterocycles. The molecule has 0 unspecified atom stereocenters. The molecule has 0 spiro atoms. The number of rotatable bonds is 3.